The van der Waals surface area contributed by atoms with Gasteiger partial charge < -0.3 is 5.11 Å². The fourth-order valence-electron chi connectivity index (χ4n) is 0.941. The topological polar surface area (TPSA) is 89.7 Å². The summed E-state index contributed by atoms with van der Waals surface area (Å²) in [5, 5.41) is 30.7. The average Bonchev–Trinajstić information content (AvgIpc) is 2.07. The summed E-state index contributed by atoms with van der Waals surface area (Å²) in [6.07, 6.45) is 0. The second-order valence-corrected chi connectivity index (χ2v) is 2.55. The molecule has 0 bridgehead atoms. The maximum atomic E-state index is 12.7. The van der Waals surface area contributed by atoms with Crippen LogP contribution in [0, 0.1) is 15.9 Å². The summed E-state index contributed by atoms with van der Waals surface area (Å²) in [7, 11) is 1.07. The number of nitro benzene ring substituents is 1. The number of halogens is 1. The van der Waals surface area contributed by atoms with Gasteiger partial charge in [0.1, 0.15) is 5.82 Å². The molecule has 0 aliphatic carbocycles. The summed E-state index contributed by atoms with van der Waals surface area (Å²) in [5.41, 5.74) is -1.38. The zero-order valence-electron chi connectivity index (χ0n) is 7.10. The van der Waals surface area contributed by atoms with Crippen LogP contribution in [0.5, 0.6) is 5.75 Å². The normalized spacial score (nSPS) is 9.93. The van der Waals surface area contributed by atoms with Gasteiger partial charge in [0.05, 0.1) is 16.7 Å². The Kier molecular flexibility index (Phi) is 2.52. The number of nitro groups is 1. The summed E-state index contributed by atoms with van der Waals surface area (Å²) in [6.45, 7) is 0. The fourth-order valence-corrected chi connectivity index (χ4v) is 0.941. The first-order valence-electron chi connectivity index (χ1n) is 3.51. The molecule has 0 amide bonds. The lowest BCUT2D eigenvalue weighted by Gasteiger charge is -2.18. The number of rotatable bonds is 2. The van der Waals surface area contributed by atoms with Crippen molar-refractivity contribution in [3.05, 3.63) is 28.1 Å². The van der Waals surface area contributed by atoms with Gasteiger partial charge in [-0.3, -0.25) is 20.4 Å². The van der Waals surface area contributed by atoms with Crippen LogP contribution < -0.4 is 10.2 Å². The van der Waals surface area contributed by atoms with Crippen molar-refractivity contribution in [3.8, 4) is 5.75 Å². The summed E-state index contributed by atoms with van der Waals surface area (Å²) in [4.78, 5) is 9.29. The highest BCUT2D eigenvalue weighted by Gasteiger charge is 2.14. The van der Waals surface area contributed by atoms with Gasteiger partial charge in [-0.15, -0.1) is 0 Å². The third kappa shape index (κ3) is 1.72. The van der Waals surface area contributed by atoms with Gasteiger partial charge in [0, 0.05) is 7.05 Å². The lowest BCUT2D eigenvalue weighted by atomic mass is 10.2. The number of anilines is 1. The Bertz CT molecular complexity index is 380. The molecule has 0 spiro atoms. The standard InChI is InChI=1S/C7H7FN2O4/c1-9(12)5-2-4(8)3-6(7(5)11)10(13)14/h2-3,11-12H,1H3/p-1. The number of hydrogen-bond donors (Lipinski definition) is 1. The molecule has 0 aliphatic heterocycles. The van der Waals surface area contributed by atoms with Gasteiger partial charge in [-0.25, -0.2) is 4.39 Å². The predicted molar refractivity (Wildman–Crippen MR) is 42.7 cm³/mol. The van der Waals surface area contributed by atoms with E-state index in [1.54, 1.807) is 0 Å². The Morgan fingerprint density at radius 2 is 2.14 bits per heavy atom. The highest BCUT2D eigenvalue weighted by Crippen LogP contribution is 2.33. The monoisotopic (exact) mass is 201 g/mol. The van der Waals surface area contributed by atoms with E-state index < -0.39 is 27.9 Å². The van der Waals surface area contributed by atoms with E-state index in [0.29, 0.717) is 11.1 Å². The highest BCUT2D eigenvalue weighted by molar-refractivity contribution is 5.64. The van der Waals surface area contributed by atoms with Gasteiger partial charge in [-0.1, -0.05) is 0 Å². The molecule has 0 aromatic heterocycles. The molecule has 0 heterocycles. The van der Waals surface area contributed by atoms with Gasteiger partial charge in [0.2, 0.25) is 0 Å². The molecule has 0 radical (unpaired) electrons. The quantitative estimate of drug-likeness (QED) is 0.559. The molecule has 0 atom stereocenters. The first-order chi connectivity index (χ1) is 6.43. The summed E-state index contributed by atoms with van der Waals surface area (Å²) in [6, 6.07) is 1.23. The van der Waals surface area contributed by atoms with Crippen LogP contribution in [-0.2, 0) is 0 Å². The Labute approximate surface area is 77.9 Å². The van der Waals surface area contributed by atoms with Gasteiger partial charge in [0.25, 0.3) is 5.69 Å². The van der Waals surface area contributed by atoms with Gasteiger partial charge >= 0.3 is 0 Å². The molecule has 6 nitrogen and oxygen atoms in total. The van der Waals surface area contributed by atoms with E-state index in [4.69, 9.17) is 5.21 Å². The molecule has 0 saturated heterocycles. The molecule has 14 heavy (non-hydrogen) atoms. The van der Waals surface area contributed by atoms with E-state index >= 15 is 0 Å². The third-order valence-corrected chi connectivity index (χ3v) is 1.56. The van der Waals surface area contributed by atoms with Gasteiger partial charge in [-0.05, 0) is 11.8 Å². The minimum absolute atomic E-state index is 0.332. The second kappa shape index (κ2) is 3.46. The molecule has 0 saturated carbocycles. The Balaban J connectivity index is 3.40. The van der Waals surface area contributed by atoms with Crippen molar-refractivity contribution in [1.82, 2.24) is 0 Å². The van der Waals surface area contributed by atoms with Crippen LogP contribution in [0.15, 0.2) is 12.1 Å². The van der Waals surface area contributed by atoms with Crippen molar-refractivity contribution >= 4 is 11.4 Å². The molecule has 1 rings (SSSR count). The molecule has 0 aliphatic rings. The van der Waals surface area contributed by atoms with Crippen LogP contribution in [0.2, 0.25) is 0 Å². The Hall–Kier alpha value is -1.89. The van der Waals surface area contributed by atoms with Crippen molar-refractivity contribution in [3.63, 3.8) is 0 Å². The van der Waals surface area contributed by atoms with E-state index in [1.165, 1.54) is 0 Å². The fraction of sp³-hybridized carbons (Fsp3) is 0.143. The maximum Gasteiger partial charge on any atom is 0.266 e. The lowest BCUT2D eigenvalue weighted by Crippen LogP contribution is -2.14. The van der Waals surface area contributed by atoms with Gasteiger partial charge in [0.15, 0.2) is 0 Å². The van der Waals surface area contributed by atoms with Crippen LogP contribution >= 0.6 is 0 Å². The zero-order chi connectivity index (χ0) is 10.9. The molecule has 1 aromatic rings. The third-order valence-electron chi connectivity index (χ3n) is 1.56. The van der Waals surface area contributed by atoms with Crippen LogP contribution in [0.4, 0.5) is 15.8 Å². The first-order valence-corrected chi connectivity index (χ1v) is 3.51. The maximum absolute atomic E-state index is 12.7. The summed E-state index contributed by atoms with van der Waals surface area (Å²) < 4.78 is 12.7. The number of nitrogens with zero attached hydrogens (tertiary/aromatic N) is 2. The van der Waals surface area contributed by atoms with Crippen molar-refractivity contribution in [2.45, 2.75) is 0 Å². The first kappa shape index (κ1) is 10.2. The van der Waals surface area contributed by atoms with Crippen LogP contribution in [-0.4, -0.2) is 17.2 Å². The summed E-state index contributed by atoms with van der Waals surface area (Å²) in [5.74, 6) is -1.98. The van der Waals surface area contributed by atoms with E-state index in [9.17, 15) is 19.6 Å². The average molecular weight is 201 g/mol. The molecule has 1 N–H and O–H groups in total. The minimum atomic E-state index is -1.03. The largest absolute Gasteiger partial charge is 0.866 e. The minimum Gasteiger partial charge on any atom is -0.866 e. The number of benzene rings is 1. The van der Waals surface area contributed by atoms with Crippen molar-refractivity contribution in [2.24, 2.45) is 0 Å². The molecule has 76 valence electrons. The molecule has 7 heteroatoms. The van der Waals surface area contributed by atoms with Gasteiger partial charge in [-0.2, -0.15) is 0 Å². The Morgan fingerprint density at radius 3 is 2.57 bits per heavy atom. The Morgan fingerprint density at radius 1 is 1.57 bits per heavy atom. The smallest absolute Gasteiger partial charge is 0.266 e. The van der Waals surface area contributed by atoms with Crippen LogP contribution in [0.3, 0.4) is 0 Å². The predicted octanol–water partition coefficient (Wildman–Crippen LogP) is 0.633. The van der Waals surface area contributed by atoms with Crippen LogP contribution in [0.1, 0.15) is 0 Å². The molecule has 1 aromatic carbocycles. The highest BCUT2D eigenvalue weighted by atomic mass is 19.1. The van der Waals surface area contributed by atoms with E-state index in [2.05, 4.69) is 0 Å². The molecule has 0 fully saturated rings. The second-order valence-electron chi connectivity index (χ2n) is 2.55. The molecular weight excluding hydrogens is 195 g/mol. The van der Waals surface area contributed by atoms with E-state index in [-0.39, 0.29) is 0 Å². The van der Waals surface area contributed by atoms with Crippen LogP contribution in [0.25, 0.3) is 0 Å². The lowest BCUT2D eigenvalue weighted by molar-refractivity contribution is -0.398. The SMILES string of the molecule is CN(O)c1cc(F)cc([N+](=O)[O-])c1[O-]. The number of hydrogen-bond acceptors (Lipinski definition) is 5. The van der Waals surface area contributed by atoms with Crippen molar-refractivity contribution < 1.29 is 19.6 Å². The van der Waals surface area contributed by atoms with Crippen molar-refractivity contribution in [1.29, 1.82) is 0 Å². The summed E-state index contributed by atoms with van der Waals surface area (Å²) >= 11 is 0. The van der Waals surface area contributed by atoms with E-state index in [1.807, 2.05) is 0 Å². The zero-order valence-corrected chi connectivity index (χ0v) is 7.10. The van der Waals surface area contributed by atoms with E-state index in [0.717, 1.165) is 13.1 Å². The molecule has 0 unspecified atom stereocenters. The van der Waals surface area contributed by atoms with Crippen molar-refractivity contribution in [2.75, 3.05) is 12.1 Å². The molecular formula is C7H6FN2O4-. The number of hydroxylamine groups is 1.